The second kappa shape index (κ2) is 6.57. The Bertz CT molecular complexity index is 560. The first kappa shape index (κ1) is 15.3. The molecule has 21 heavy (non-hydrogen) atoms. The van der Waals surface area contributed by atoms with E-state index in [0.717, 1.165) is 9.80 Å². The van der Waals surface area contributed by atoms with E-state index in [2.05, 4.69) is 0 Å². The summed E-state index contributed by atoms with van der Waals surface area (Å²) in [5.74, 6) is -0.264. The van der Waals surface area contributed by atoms with Crippen LogP contribution in [0.1, 0.15) is 13.3 Å². The summed E-state index contributed by atoms with van der Waals surface area (Å²) in [6, 6.07) is 6.14. The highest BCUT2D eigenvalue weighted by atomic mass is 32.2. The van der Waals surface area contributed by atoms with Crippen LogP contribution in [0.5, 0.6) is 0 Å². The number of nitro benzene ring substituents is 1. The number of nitro groups is 1. The third-order valence-electron chi connectivity index (χ3n) is 2.91. The van der Waals surface area contributed by atoms with Crippen molar-refractivity contribution in [2.24, 2.45) is 0 Å². The predicted molar refractivity (Wildman–Crippen MR) is 76.1 cm³/mol. The quantitative estimate of drug-likeness (QED) is 0.471. The number of carbonyl (C=O) groups excluding carboxylic acids is 2. The molecule has 7 nitrogen and oxygen atoms in total. The second-order valence-corrected chi connectivity index (χ2v) is 6.06. The first-order valence-corrected chi connectivity index (χ1v) is 7.23. The van der Waals surface area contributed by atoms with Crippen LogP contribution in [0.25, 0.3) is 0 Å². The minimum atomic E-state index is -0.590. The van der Waals surface area contributed by atoms with Crippen molar-refractivity contribution in [2.45, 2.75) is 23.5 Å². The van der Waals surface area contributed by atoms with E-state index in [9.17, 15) is 19.7 Å². The van der Waals surface area contributed by atoms with Crippen molar-refractivity contribution in [3.63, 3.8) is 0 Å². The zero-order valence-electron chi connectivity index (χ0n) is 11.4. The third-order valence-corrected chi connectivity index (χ3v) is 4.02. The first-order chi connectivity index (χ1) is 9.97. The molecular formula is C13H14N2O5S. The second-order valence-electron chi connectivity index (χ2n) is 4.54. The summed E-state index contributed by atoms with van der Waals surface area (Å²) in [5, 5.41) is 10.5. The monoisotopic (exact) mass is 310 g/mol. The Hall–Kier alpha value is -2.09. The van der Waals surface area contributed by atoms with Gasteiger partial charge >= 0.3 is 6.09 Å². The summed E-state index contributed by atoms with van der Waals surface area (Å²) in [7, 11) is 0. The van der Waals surface area contributed by atoms with Crippen molar-refractivity contribution in [1.29, 1.82) is 0 Å². The summed E-state index contributed by atoms with van der Waals surface area (Å²) in [6.45, 7) is 2.41. The molecule has 1 saturated heterocycles. The van der Waals surface area contributed by atoms with Crippen LogP contribution in [0.4, 0.5) is 10.5 Å². The van der Waals surface area contributed by atoms with Gasteiger partial charge in [0.15, 0.2) is 0 Å². The van der Waals surface area contributed by atoms with E-state index in [0.29, 0.717) is 6.54 Å². The van der Waals surface area contributed by atoms with Gasteiger partial charge in [-0.25, -0.2) is 9.69 Å². The van der Waals surface area contributed by atoms with Crippen molar-refractivity contribution >= 4 is 29.4 Å². The van der Waals surface area contributed by atoms with E-state index >= 15 is 0 Å². The van der Waals surface area contributed by atoms with E-state index in [1.54, 1.807) is 12.1 Å². The van der Waals surface area contributed by atoms with Gasteiger partial charge in [0.05, 0.1) is 11.5 Å². The Morgan fingerprint density at radius 2 is 2.14 bits per heavy atom. The lowest BCUT2D eigenvalue weighted by atomic mass is 10.3. The molecule has 2 amide bonds. The normalized spacial score (nSPS) is 15.7. The van der Waals surface area contributed by atoms with Crippen LogP contribution in [0.2, 0.25) is 0 Å². The number of carbonyl (C=O) groups is 2. The highest BCUT2D eigenvalue weighted by Gasteiger charge is 2.29. The number of thioether (sulfide) groups is 1. The Labute approximate surface area is 125 Å². The van der Waals surface area contributed by atoms with E-state index in [4.69, 9.17) is 4.74 Å². The van der Waals surface area contributed by atoms with E-state index in [1.165, 1.54) is 23.9 Å². The largest absolute Gasteiger partial charge is 0.447 e. The number of hydrogen-bond acceptors (Lipinski definition) is 6. The molecule has 1 fully saturated rings. The number of nitrogens with zero attached hydrogens (tertiary/aromatic N) is 2. The zero-order chi connectivity index (χ0) is 15.4. The standard InChI is InChI=1S/C13H14N2O5S/c1-9(8-12(16)14-6-7-20-13(14)17)21-11-4-2-10(3-5-11)15(18)19/h2-5,9H,6-8H2,1H3. The maximum atomic E-state index is 11.9. The van der Waals surface area contributed by atoms with Gasteiger partial charge in [-0.1, -0.05) is 6.92 Å². The van der Waals surface area contributed by atoms with Gasteiger partial charge in [0, 0.05) is 28.7 Å². The first-order valence-electron chi connectivity index (χ1n) is 6.35. The molecule has 0 aliphatic carbocycles. The van der Waals surface area contributed by atoms with Gasteiger partial charge < -0.3 is 4.74 Å². The molecule has 1 aliphatic heterocycles. The summed E-state index contributed by atoms with van der Waals surface area (Å²) in [4.78, 5) is 35.2. The SMILES string of the molecule is CC(CC(=O)N1CCOC1=O)Sc1ccc([N+](=O)[O-])cc1. The smallest absolute Gasteiger partial charge is 0.416 e. The Morgan fingerprint density at radius 3 is 2.67 bits per heavy atom. The van der Waals surface area contributed by atoms with Gasteiger partial charge in [-0.15, -0.1) is 11.8 Å². The fourth-order valence-corrected chi connectivity index (χ4v) is 2.88. The number of benzene rings is 1. The van der Waals surface area contributed by atoms with Crippen molar-refractivity contribution in [3.05, 3.63) is 34.4 Å². The maximum absolute atomic E-state index is 11.9. The van der Waals surface area contributed by atoms with Crippen molar-refractivity contribution in [1.82, 2.24) is 4.90 Å². The maximum Gasteiger partial charge on any atom is 0.416 e. The van der Waals surface area contributed by atoms with Crippen LogP contribution in [-0.4, -0.2) is 40.2 Å². The van der Waals surface area contributed by atoms with Gasteiger partial charge in [0.1, 0.15) is 6.61 Å². The van der Waals surface area contributed by atoms with E-state index in [-0.39, 0.29) is 29.9 Å². The molecule has 2 rings (SSSR count). The lowest BCUT2D eigenvalue weighted by molar-refractivity contribution is -0.384. The molecule has 1 heterocycles. The van der Waals surface area contributed by atoms with Crippen molar-refractivity contribution in [2.75, 3.05) is 13.2 Å². The van der Waals surface area contributed by atoms with Gasteiger partial charge in [0.2, 0.25) is 5.91 Å². The lowest BCUT2D eigenvalue weighted by Gasteiger charge is -2.14. The molecule has 0 radical (unpaired) electrons. The van der Waals surface area contributed by atoms with Crippen LogP contribution < -0.4 is 0 Å². The molecule has 1 atom stereocenters. The Balaban J connectivity index is 1.89. The molecule has 1 unspecified atom stereocenters. The average molecular weight is 310 g/mol. The summed E-state index contributed by atoms with van der Waals surface area (Å²) < 4.78 is 4.72. The third kappa shape index (κ3) is 3.94. The van der Waals surface area contributed by atoms with Crippen LogP contribution in [-0.2, 0) is 9.53 Å². The summed E-state index contributed by atoms with van der Waals surface area (Å²) in [5.41, 5.74) is 0.0305. The molecule has 0 spiro atoms. The number of cyclic esters (lactones) is 1. The van der Waals surface area contributed by atoms with E-state index < -0.39 is 11.0 Å². The summed E-state index contributed by atoms with van der Waals surface area (Å²) >= 11 is 1.43. The van der Waals surface area contributed by atoms with Gasteiger partial charge in [-0.2, -0.15) is 0 Å². The Kier molecular flexibility index (Phi) is 4.79. The van der Waals surface area contributed by atoms with Crippen molar-refractivity contribution < 1.29 is 19.2 Å². The molecule has 112 valence electrons. The minimum Gasteiger partial charge on any atom is -0.447 e. The van der Waals surface area contributed by atoms with E-state index in [1.807, 2.05) is 6.92 Å². The highest BCUT2D eigenvalue weighted by Crippen LogP contribution is 2.27. The highest BCUT2D eigenvalue weighted by molar-refractivity contribution is 8.00. The van der Waals surface area contributed by atoms with Crippen LogP contribution in [0.3, 0.4) is 0 Å². The molecule has 0 bridgehead atoms. The van der Waals surface area contributed by atoms with Crippen LogP contribution in [0.15, 0.2) is 29.2 Å². The molecule has 0 N–H and O–H groups in total. The average Bonchev–Trinajstić information content (AvgIpc) is 2.85. The lowest BCUT2D eigenvalue weighted by Crippen LogP contribution is -2.33. The molecule has 8 heteroatoms. The van der Waals surface area contributed by atoms with Crippen LogP contribution in [0, 0.1) is 10.1 Å². The number of ether oxygens (including phenoxy) is 1. The van der Waals surface area contributed by atoms with Gasteiger partial charge in [0.25, 0.3) is 5.69 Å². The molecule has 0 saturated carbocycles. The van der Waals surface area contributed by atoms with Gasteiger partial charge in [-0.3, -0.25) is 14.9 Å². The predicted octanol–water partition coefficient (Wildman–Crippen LogP) is 2.44. The number of rotatable bonds is 5. The topological polar surface area (TPSA) is 89.8 Å². The van der Waals surface area contributed by atoms with Crippen molar-refractivity contribution in [3.8, 4) is 0 Å². The van der Waals surface area contributed by atoms with Crippen LogP contribution >= 0.6 is 11.8 Å². The minimum absolute atomic E-state index is 0.0305. The molecule has 0 aromatic heterocycles. The number of imide groups is 1. The van der Waals surface area contributed by atoms with Gasteiger partial charge in [-0.05, 0) is 12.1 Å². The molecule has 1 aliphatic rings. The number of hydrogen-bond donors (Lipinski definition) is 0. The Morgan fingerprint density at radius 1 is 1.48 bits per heavy atom. The summed E-state index contributed by atoms with van der Waals surface area (Å²) in [6.07, 6.45) is -0.385. The fraction of sp³-hybridized carbons (Fsp3) is 0.385. The molecular weight excluding hydrogens is 296 g/mol. The zero-order valence-corrected chi connectivity index (χ0v) is 12.2. The number of non-ortho nitro benzene ring substituents is 1. The molecule has 1 aromatic rings. The number of amides is 2. The fourth-order valence-electron chi connectivity index (χ4n) is 1.90. The molecule has 1 aromatic carbocycles.